The van der Waals surface area contributed by atoms with Gasteiger partial charge in [-0.1, -0.05) is 70.1 Å². The lowest BCUT2D eigenvalue weighted by Crippen LogP contribution is -2.26. The summed E-state index contributed by atoms with van der Waals surface area (Å²) >= 11 is 0. The van der Waals surface area contributed by atoms with E-state index in [1.165, 1.54) is 14.2 Å². The second-order valence-electron chi connectivity index (χ2n) is 6.30. The fourth-order valence-electron chi connectivity index (χ4n) is 2.85. The summed E-state index contributed by atoms with van der Waals surface area (Å²) in [7, 11) is 2.95. The predicted octanol–water partition coefficient (Wildman–Crippen LogP) is 3.34. The molecule has 2 aromatic carbocycles. The van der Waals surface area contributed by atoms with Gasteiger partial charge in [0.05, 0.1) is 0 Å². The van der Waals surface area contributed by atoms with Crippen molar-refractivity contribution in [3.05, 3.63) is 71.3 Å². The molecule has 1 aliphatic heterocycles. The van der Waals surface area contributed by atoms with Crippen LogP contribution >= 0.6 is 0 Å². The van der Waals surface area contributed by atoms with Gasteiger partial charge in [-0.05, 0) is 12.1 Å². The van der Waals surface area contributed by atoms with E-state index in [0.717, 1.165) is 16.7 Å². The molecule has 0 saturated carbocycles. The van der Waals surface area contributed by atoms with Crippen LogP contribution in [0.15, 0.2) is 75.2 Å². The van der Waals surface area contributed by atoms with Gasteiger partial charge in [-0.25, -0.2) is 0 Å². The average Bonchev–Trinajstić information content (AvgIpc) is 2.82. The van der Waals surface area contributed by atoms with Crippen molar-refractivity contribution in [1.29, 1.82) is 0 Å². The first-order valence-electron chi connectivity index (χ1n) is 9.60. The summed E-state index contributed by atoms with van der Waals surface area (Å²) in [5, 5.41) is 16.3. The molecule has 0 aromatic heterocycles. The van der Waals surface area contributed by atoms with Gasteiger partial charge < -0.3 is 24.1 Å². The van der Waals surface area contributed by atoms with Crippen LogP contribution in [-0.4, -0.2) is 50.5 Å². The smallest absolute Gasteiger partial charge is 0.280 e. The quantitative estimate of drug-likeness (QED) is 0.454. The van der Waals surface area contributed by atoms with Crippen LogP contribution in [0.2, 0.25) is 0 Å². The lowest BCUT2D eigenvalue weighted by Gasteiger charge is -2.16. The molecule has 0 fully saturated rings. The Labute approximate surface area is 180 Å². The van der Waals surface area contributed by atoms with Crippen LogP contribution in [0.1, 0.15) is 23.6 Å². The molecule has 0 bridgehead atoms. The van der Waals surface area contributed by atoms with E-state index in [0.29, 0.717) is 30.3 Å². The van der Waals surface area contributed by atoms with Crippen molar-refractivity contribution < 1.29 is 24.1 Å². The predicted molar refractivity (Wildman–Crippen MR) is 117 cm³/mol. The molecule has 0 saturated heterocycles. The van der Waals surface area contributed by atoms with Gasteiger partial charge in [-0.3, -0.25) is 0 Å². The molecule has 31 heavy (non-hydrogen) atoms. The molecule has 3 rings (SSSR count). The Balaban J connectivity index is 1.80. The second kappa shape index (κ2) is 11.3. The monoisotopic (exact) mass is 424 g/mol. The van der Waals surface area contributed by atoms with Crippen LogP contribution in [0.3, 0.4) is 0 Å². The van der Waals surface area contributed by atoms with Crippen molar-refractivity contribution in [3.63, 3.8) is 0 Å². The number of oxime groups is 4. The lowest BCUT2D eigenvalue weighted by molar-refractivity contribution is 0.0672. The van der Waals surface area contributed by atoms with Crippen molar-refractivity contribution in [2.24, 2.45) is 20.6 Å². The number of rotatable bonds is 9. The highest BCUT2D eigenvalue weighted by Gasteiger charge is 2.21. The Bertz CT molecular complexity index is 986. The number of ether oxygens (including phenoxy) is 1. The first-order chi connectivity index (χ1) is 15.2. The number of hydrogen-bond donors (Lipinski definition) is 0. The van der Waals surface area contributed by atoms with E-state index in [9.17, 15) is 0 Å². The average molecular weight is 424 g/mol. The molecular formula is C22H24N4O5. The third-order valence-corrected chi connectivity index (χ3v) is 4.21. The molecule has 1 aliphatic rings. The van der Waals surface area contributed by atoms with Gasteiger partial charge >= 0.3 is 0 Å². The Hall–Kier alpha value is -3.88. The molecule has 9 heteroatoms. The van der Waals surface area contributed by atoms with Crippen LogP contribution in [0.5, 0.6) is 0 Å². The van der Waals surface area contributed by atoms with Crippen molar-refractivity contribution in [2.75, 3.05) is 27.4 Å². The minimum Gasteiger partial charge on any atom is -0.470 e. The molecule has 0 spiro atoms. The SMILES string of the molecule is CO/N=C(/C(C)=N/OCc1ccccc1/C(=N\OC)C1=NOCCO1)c1ccccc1. The molecule has 162 valence electrons. The largest absolute Gasteiger partial charge is 0.470 e. The minimum absolute atomic E-state index is 0.180. The summed E-state index contributed by atoms with van der Waals surface area (Å²) in [5.74, 6) is 0.249. The summed E-state index contributed by atoms with van der Waals surface area (Å²) in [6, 6.07) is 17.2. The third-order valence-electron chi connectivity index (χ3n) is 4.21. The van der Waals surface area contributed by atoms with Crippen LogP contribution in [0.25, 0.3) is 0 Å². The maximum Gasteiger partial charge on any atom is 0.280 e. The van der Waals surface area contributed by atoms with E-state index in [1.54, 1.807) is 6.92 Å². The molecule has 0 unspecified atom stereocenters. The first kappa shape index (κ1) is 21.8. The fourth-order valence-corrected chi connectivity index (χ4v) is 2.85. The number of nitrogens with zero attached hydrogens (tertiary/aromatic N) is 4. The van der Waals surface area contributed by atoms with E-state index in [4.69, 9.17) is 24.1 Å². The second-order valence-corrected chi connectivity index (χ2v) is 6.30. The van der Waals surface area contributed by atoms with Crippen molar-refractivity contribution in [2.45, 2.75) is 13.5 Å². The first-order valence-corrected chi connectivity index (χ1v) is 9.60. The zero-order valence-corrected chi connectivity index (χ0v) is 17.6. The highest BCUT2D eigenvalue weighted by molar-refractivity contribution is 6.47. The summed E-state index contributed by atoms with van der Waals surface area (Å²) < 4.78 is 5.57. The van der Waals surface area contributed by atoms with Gasteiger partial charge in [0.15, 0.2) is 12.3 Å². The maximum absolute atomic E-state index is 5.63. The Morgan fingerprint density at radius 3 is 2.39 bits per heavy atom. The van der Waals surface area contributed by atoms with Crippen LogP contribution in [0.4, 0.5) is 0 Å². The normalized spacial score (nSPS) is 14.8. The topological polar surface area (TPSA) is 95.6 Å². The number of benzene rings is 2. The summed E-state index contributed by atoms with van der Waals surface area (Å²) in [6.45, 7) is 2.75. The summed E-state index contributed by atoms with van der Waals surface area (Å²) in [4.78, 5) is 20.7. The van der Waals surface area contributed by atoms with Gasteiger partial charge in [0.25, 0.3) is 5.90 Å². The lowest BCUT2D eigenvalue weighted by atomic mass is 10.0. The Kier molecular flexibility index (Phi) is 7.98. The minimum atomic E-state index is 0.180. The molecule has 2 aromatic rings. The Morgan fingerprint density at radius 2 is 1.68 bits per heavy atom. The van der Waals surface area contributed by atoms with E-state index < -0.39 is 0 Å². The summed E-state index contributed by atoms with van der Waals surface area (Å²) in [5.41, 5.74) is 3.99. The highest BCUT2D eigenvalue weighted by atomic mass is 16.7. The maximum atomic E-state index is 5.63. The van der Waals surface area contributed by atoms with Crippen LogP contribution in [0, 0.1) is 0 Å². The molecule has 1 heterocycles. The van der Waals surface area contributed by atoms with Gasteiger partial charge in [-0.15, -0.1) is 0 Å². The molecule has 0 amide bonds. The fraction of sp³-hybridized carbons (Fsp3) is 0.273. The molecule has 0 radical (unpaired) electrons. The number of hydrogen-bond acceptors (Lipinski definition) is 9. The molecule has 0 atom stereocenters. The summed E-state index contributed by atoms with van der Waals surface area (Å²) in [6.07, 6.45) is 0. The van der Waals surface area contributed by atoms with Crippen LogP contribution < -0.4 is 0 Å². The third kappa shape index (κ3) is 5.81. The molecule has 0 aliphatic carbocycles. The molecular weight excluding hydrogens is 400 g/mol. The van der Waals surface area contributed by atoms with Gasteiger partial charge in [-0.2, -0.15) is 0 Å². The van der Waals surface area contributed by atoms with Crippen molar-refractivity contribution in [1.82, 2.24) is 0 Å². The van der Waals surface area contributed by atoms with Gasteiger partial charge in [0, 0.05) is 16.7 Å². The molecule has 9 nitrogen and oxygen atoms in total. The van der Waals surface area contributed by atoms with E-state index in [2.05, 4.69) is 20.6 Å². The zero-order valence-electron chi connectivity index (χ0n) is 17.6. The van der Waals surface area contributed by atoms with E-state index >= 15 is 0 Å². The zero-order chi connectivity index (χ0) is 21.9. The van der Waals surface area contributed by atoms with Crippen LogP contribution in [-0.2, 0) is 30.7 Å². The Morgan fingerprint density at radius 1 is 0.935 bits per heavy atom. The highest BCUT2D eigenvalue weighted by Crippen LogP contribution is 2.15. The van der Waals surface area contributed by atoms with E-state index in [1.807, 2.05) is 54.6 Å². The van der Waals surface area contributed by atoms with Crippen molar-refractivity contribution >= 4 is 23.0 Å². The van der Waals surface area contributed by atoms with Gasteiger partial charge in [0.2, 0.25) is 0 Å². The van der Waals surface area contributed by atoms with Crippen molar-refractivity contribution in [3.8, 4) is 0 Å². The van der Waals surface area contributed by atoms with Gasteiger partial charge in [0.1, 0.15) is 38.9 Å². The molecule has 0 N–H and O–H groups in total. The standard InChI is InChI=1S/C22H24N4O5/c1-16(20(24-27-2)17-9-5-4-6-10-17)23-31-15-18-11-7-8-12-19(18)21(25-28-3)22-26-30-14-13-29-22/h4-12H,13-15H2,1-3H3/b23-16+,24-20-,25-21+. The van der Waals surface area contributed by atoms with E-state index in [-0.39, 0.29) is 12.5 Å².